The summed E-state index contributed by atoms with van der Waals surface area (Å²) in [6.07, 6.45) is 0. The lowest BCUT2D eigenvalue weighted by molar-refractivity contribution is 0.476. The van der Waals surface area contributed by atoms with Gasteiger partial charge in [-0.25, -0.2) is 0 Å². The number of nitrogens with zero attached hydrogens (tertiary/aromatic N) is 1. The summed E-state index contributed by atoms with van der Waals surface area (Å²) in [5, 5.41) is 9.90. The SMILES string of the molecule is CC(C)=Nc1c(Cl)ccc(O)c1Cl.Cl. The normalized spacial score (nSPS) is 9.14. The van der Waals surface area contributed by atoms with E-state index in [1.54, 1.807) is 6.07 Å². The second-order valence-corrected chi connectivity index (χ2v) is 3.57. The Morgan fingerprint density at radius 2 is 1.86 bits per heavy atom. The Hall–Kier alpha value is -0.440. The molecule has 0 radical (unpaired) electrons. The molecule has 0 amide bonds. The second-order valence-electron chi connectivity index (χ2n) is 2.79. The first-order valence-electron chi connectivity index (χ1n) is 3.71. The highest BCUT2D eigenvalue weighted by atomic mass is 35.5. The summed E-state index contributed by atoms with van der Waals surface area (Å²) in [4.78, 5) is 4.11. The Morgan fingerprint density at radius 3 is 2.36 bits per heavy atom. The van der Waals surface area contributed by atoms with E-state index in [0.29, 0.717) is 10.7 Å². The van der Waals surface area contributed by atoms with E-state index in [0.717, 1.165) is 5.71 Å². The van der Waals surface area contributed by atoms with Crippen molar-refractivity contribution in [2.45, 2.75) is 13.8 Å². The topological polar surface area (TPSA) is 32.6 Å². The lowest BCUT2D eigenvalue weighted by Crippen LogP contribution is -1.80. The van der Waals surface area contributed by atoms with E-state index < -0.39 is 0 Å². The molecule has 5 heteroatoms. The van der Waals surface area contributed by atoms with E-state index in [2.05, 4.69) is 4.99 Å². The van der Waals surface area contributed by atoms with Gasteiger partial charge in [0.15, 0.2) is 0 Å². The number of benzene rings is 1. The van der Waals surface area contributed by atoms with E-state index in [4.69, 9.17) is 23.2 Å². The summed E-state index contributed by atoms with van der Waals surface area (Å²) < 4.78 is 0. The first kappa shape index (κ1) is 13.6. The van der Waals surface area contributed by atoms with E-state index >= 15 is 0 Å². The summed E-state index contributed by atoms with van der Waals surface area (Å²) >= 11 is 11.6. The Labute approximate surface area is 99.0 Å². The molecule has 0 bridgehead atoms. The largest absolute Gasteiger partial charge is 0.506 e. The highest BCUT2D eigenvalue weighted by Gasteiger charge is 2.08. The van der Waals surface area contributed by atoms with Gasteiger partial charge in [-0.1, -0.05) is 23.2 Å². The second kappa shape index (κ2) is 5.44. The number of phenolic OH excluding ortho intramolecular Hbond substituents is 1. The van der Waals surface area contributed by atoms with Crippen LogP contribution in [0.15, 0.2) is 17.1 Å². The van der Waals surface area contributed by atoms with Crippen LogP contribution in [0.4, 0.5) is 5.69 Å². The molecule has 14 heavy (non-hydrogen) atoms. The Morgan fingerprint density at radius 1 is 1.29 bits per heavy atom. The summed E-state index contributed by atoms with van der Waals surface area (Å²) in [5.74, 6) is -0.00827. The number of rotatable bonds is 1. The quantitative estimate of drug-likeness (QED) is 0.747. The molecule has 0 heterocycles. The molecule has 0 aliphatic heterocycles. The number of hydrogen-bond donors (Lipinski definition) is 1. The van der Waals surface area contributed by atoms with E-state index in [1.807, 2.05) is 13.8 Å². The predicted molar refractivity (Wildman–Crippen MR) is 63.8 cm³/mol. The van der Waals surface area contributed by atoms with Crippen LogP contribution in [-0.2, 0) is 0 Å². The third kappa shape index (κ3) is 3.05. The summed E-state index contributed by atoms with van der Waals surface area (Å²) in [6, 6.07) is 3.00. The minimum absolute atomic E-state index is 0. The molecule has 1 rings (SSSR count). The van der Waals surface area contributed by atoms with Gasteiger partial charge in [0.05, 0.1) is 5.02 Å². The molecule has 0 saturated heterocycles. The molecular formula is C9H10Cl3NO. The molecule has 0 aromatic heterocycles. The van der Waals surface area contributed by atoms with Gasteiger partial charge in [-0.2, -0.15) is 0 Å². The van der Waals surface area contributed by atoms with Crippen LogP contribution < -0.4 is 0 Å². The minimum Gasteiger partial charge on any atom is -0.506 e. The zero-order valence-electron chi connectivity index (χ0n) is 7.71. The van der Waals surface area contributed by atoms with Gasteiger partial charge in [0.25, 0.3) is 0 Å². The van der Waals surface area contributed by atoms with Crippen molar-refractivity contribution in [2.24, 2.45) is 4.99 Å². The Kier molecular flexibility index (Phi) is 5.27. The predicted octanol–water partition coefficient (Wildman–Crippen LogP) is 4.23. The molecule has 78 valence electrons. The number of aromatic hydroxyl groups is 1. The van der Waals surface area contributed by atoms with Crippen LogP contribution >= 0.6 is 35.6 Å². The highest BCUT2D eigenvalue weighted by Crippen LogP contribution is 2.39. The molecule has 0 fully saturated rings. The van der Waals surface area contributed by atoms with Gasteiger partial charge in [0.1, 0.15) is 16.5 Å². The molecule has 0 spiro atoms. The minimum atomic E-state index is -0.00827. The number of hydrogen-bond acceptors (Lipinski definition) is 2. The number of halogens is 3. The van der Waals surface area contributed by atoms with Gasteiger partial charge in [0, 0.05) is 5.71 Å². The van der Waals surface area contributed by atoms with Crippen molar-refractivity contribution in [1.29, 1.82) is 0 Å². The third-order valence-corrected chi connectivity index (χ3v) is 2.06. The number of aliphatic imine (C=N–C) groups is 1. The monoisotopic (exact) mass is 253 g/mol. The first-order valence-corrected chi connectivity index (χ1v) is 4.47. The smallest absolute Gasteiger partial charge is 0.136 e. The molecule has 1 aromatic rings. The molecule has 0 aliphatic carbocycles. The van der Waals surface area contributed by atoms with Crippen molar-refractivity contribution < 1.29 is 5.11 Å². The standard InChI is InChI=1S/C9H9Cl2NO.ClH/c1-5(2)12-9-6(10)3-4-7(13)8(9)11;/h3-4,13H,1-2H3;1H. The molecule has 0 atom stereocenters. The molecule has 1 aromatic carbocycles. The van der Waals surface area contributed by atoms with E-state index in [1.165, 1.54) is 6.07 Å². The third-order valence-electron chi connectivity index (χ3n) is 1.38. The van der Waals surface area contributed by atoms with E-state index in [-0.39, 0.29) is 23.2 Å². The van der Waals surface area contributed by atoms with Crippen LogP contribution in [0.1, 0.15) is 13.8 Å². The highest BCUT2D eigenvalue weighted by molar-refractivity contribution is 6.39. The van der Waals surface area contributed by atoms with Gasteiger partial charge in [-0.05, 0) is 26.0 Å². The van der Waals surface area contributed by atoms with Crippen LogP contribution in [0.5, 0.6) is 5.75 Å². The maximum Gasteiger partial charge on any atom is 0.136 e. The fraction of sp³-hybridized carbons (Fsp3) is 0.222. The number of phenols is 1. The molecule has 1 N–H and O–H groups in total. The Balaban J connectivity index is 0.00000169. The summed E-state index contributed by atoms with van der Waals surface area (Å²) in [7, 11) is 0. The van der Waals surface area contributed by atoms with Crippen molar-refractivity contribution >= 4 is 47.0 Å². The lowest BCUT2D eigenvalue weighted by atomic mass is 10.3. The van der Waals surface area contributed by atoms with Crippen molar-refractivity contribution in [3.05, 3.63) is 22.2 Å². The zero-order valence-corrected chi connectivity index (χ0v) is 10.0. The van der Waals surface area contributed by atoms with Crippen LogP contribution in [0.3, 0.4) is 0 Å². The maximum atomic E-state index is 9.28. The molecule has 0 aliphatic rings. The van der Waals surface area contributed by atoms with Gasteiger partial charge in [-0.3, -0.25) is 4.99 Å². The van der Waals surface area contributed by atoms with Gasteiger partial charge >= 0.3 is 0 Å². The molecule has 0 saturated carbocycles. The molecular weight excluding hydrogens is 244 g/mol. The zero-order chi connectivity index (χ0) is 10.0. The van der Waals surface area contributed by atoms with Gasteiger partial charge in [0.2, 0.25) is 0 Å². The first-order chi connectivity index (χ1) is 6.02. The molecule has 0 unspecified atom stereocenters. The lowest BCUT2D eigenvalue weighted by Gasteiger charge is -2.03. The van der Waals surface area contributed by atoms with Crippen molar-refractivity contribution in [1.82, 2.24) is 0 Å². The fourth-order valence-electron chi connectivity index (χ4n) is 0.856. The fourth-order valence-corrected chi connectivity index (χ4v) is 1.31. The van der Waals surface area contributed by atoms with Gasteiger partial charge in [-0.15, -0.1) is 12.4 Å². The van der Waals surface area contributed by atoms with Crippen LogP contribution in [0.2, 0.25) is 10.0 Å². The van der Waals surface area contributed by atoms with Gasteiger partial charge < -0.3 is 5.11 Å². The average molecular weight is 255 g/mol. The van der Waals surface area contributed by atoms with Crippen molar-refractivity contribution in [3.8, 4) is 5.75 Å². The maximum absolute atomic E-state index is 9.28. The van der Waals surface area contributed by atoms with Crippen LogP contribution in [0.25, 0.3) is 0 Å². The summed E-state index contributed by atoms with van der Waals surface area (Å²) in [5.41, 5.74) is 1.25. The summed E-state index contributed by atoms with van der Waals surface area (Å²) in [6.45, 7) is 3.66. The Bertz CT molecular complexity index is 359. The molecule has 2 nitrogen and oxygen atoms in total. The van der Waals surface area contributed by atoms with Crippen LogP contribution in [-0.4, -0.2) is 10.8 Å². The van der Waals surface area contributed by atoms with E-state index in [9.17, 15) is 5.11 Å². The van der Waals surface area contributed by atoms with Crippen molar-refractivity contribution in [3.63, 3.8) is 0 Å². The van der Waals surface area contributed by atoms with Crippen LogP contribution in [0, 0.1) is 0 Å². The average Bonchev–Trinajstić information content (AvgIpc) is 2.05. The van der Waals surface area contributed by atoms with Crippen molar-refractivity contribution in [2.75, 3.05) is 0 Å².